The Balaban J connectivity index is 1.68. The van der Waals surface area contributed by atoms with E-state index in [1.54, 1.807) is 0 Å². The second kappa shape index (κ2) is 8.02. The first kappa shape index (κ1) is 18.5. The van der Waals surface area contributed by atoms with E-state index in [0.29, 0.717) is 19.7 Å². The highest BCUT2D eigenvalue weighted by molar-refractivity contribution is 5.85. The molecule has 1 atom stereocenters. The van der Waals surface area contributed by atoms with Crippen LogP contribution in [0.5, 0.6) is 0 Å². The van der Waals surface area contributed by atoms with E-state index >= 15 is 0 Å². The first-order chi connectivity index (χ1) is 13.7. The van der Waals surface area contributed by atoms with Gasteiger partial charge in [0.15, 0.2) is 0 Å². The third-order valence-corrected chi connectivity index (χ3v) is 5.59. The smallest absolute Gasteiger partial charge is 0.410 e. The third-order valence-electron chi connectivity index (χ3n) is 5.59. The number of nitrogens with one attached hydrogen (secondary N) is 2. The number of carbonyl (C=O) groups is 1. The van der Waals surface area contributed by atoms with Gasteiger partial charge < -0.3 is 14.6 Å². The molecule has 0 spiro atoms. The molecular formula is C22H27N4O2+. The minimum atomic E-state index is -0.206. The zero-order valence-corrected chi connectivity index (χ0v) is 16.4. The molecule has 4 rings (SSSR count). The lowest BCUT2D eigenvalue weighted by Crippen LogP contribution is -3.15. The average molecular weight is 379 g/mol. The number of para-hydroxylation sites is 1. The first-order valence-corrected chi connectivity index (χ1v) is 9.92. The maximum Gasteiger partial charge on any atom is 0.410 e. The van der Waals surface area contributed by atoms with Crippen molar-refractivity contribution in [1.82, 2.24) is 14.9 Å². The van der Waals surface area contributed by atoms with E-state index in [1.165, 1.54) is 27.1 Å². The van der Waals surface area contributed by atoms with Gasteiger partial charge in [0.05, 0.1) is 32.8 Å². The average Bonchev–Trinajstić information content (AvgIpc) is 3.06. The number of aryl methyl sites for hydroxylation is 1. The number of fused-ring (bicyclic) bond motifs is 1. The molecule has 2 N–H and O–H groups in total. The quantitative estimate of drug-likeness (QED) is 0.731. The first-order valence-electron chi connectivity index (χ1n) is 9.92. The molecule has 2 aromatic heterocycles. The van der Waals surface area contributed by atoms with Crippen molar-refractivity contribution in [2.75, 3.05) is 32.8 Å². The number of pyridine rings is 1. The van der Waals surface area contributed by atoms with Gasteiger partial charge in [0.1, 0.15) is 6.04 Å². The van der Waals surface area contributed by atoms with Crippen molar-refractivity contribution in [3.05, 3.63) is 65.6 Å². The molecule has 0 radical (unpaired) electrons. The molecule has 6 nitrogen and oxygen atoms in total. The molecule has 3 heterocycles. The molecule has 0 saturated carbocycles. The second-order valence-corrected chi connectivity index (χ2v) is 7.27. The van der Waals surface area contributed by atoms with Crippen LogP contribution in [0, 0.1) is 6.92 Å². The normalized spacial score (nSPS) is 16.3. The monoisotopic (exact) mass is 379 g/mol. The predicted octanol–water partition coefficient (Wildman–Crippen LogP) is 2.32. The number of piperazine rings is 1. The van der Waals surface area contributed by atoms with Gasteiger partial charge in [-0.05, 0) is 32.0 Å². The Hall–Kier alpha value is -2.86. The molecular weight excluding hydrogens is 352 g/mol. The minimum absolute atomic E-state index is 0.175. The Labute approximate surface area is 165 Å². The van der Waals surface area contributed by atoms with Crippen LogP contribution in [0.2, 0.25) is 0 Å². The van der Waals surface area contributed by atoms with Crippen LogP contribution in [-0.4, -0.2) is 53.7 Å². The number of aromatic nitrogens is 2. The molecule has 1 saturated heterocycles. The number of quaternary nitrogens is 1. The van der Waals surface area contributed by atoms with Crippen molar-refractivity contribution in [2.24, 2.45) is 0 Å². The van der Waals surface area contributed by atoms with Gasteiger partial charge in [0.25, 0.3) is 0 Å². The third kappa shape index (κ3) is 3.47. The predicted molar refractivity (Wildman–Crippen MR) is 108 cm³/mol. The van der Waals surface area contributed by atoms with Crippen molar-refractivity contribution in [1.29, 1.82) is 0 Å². The molecule has 146 valence electrons. The molecule has 28 heavy (non-hydrogen) atoms. The number of nitrogens with zero attached hydrogens (tertiary/aromatic N) is 2. The Morgan fingerprint density at radius 1 is 1.25 bits per heavy atom. The standard InChI is InChI=1S/C22H26N4O2/c1-3-28-22(27)26-13-11-25(12-14-26)21(17-7-6-10-23-15-17)20-16(2)24-19-9-5-4-8-18(19)20/h4-10,15,21,24H,3,11-14H2,1-2H3/p+1. The fourth-order valence-corrected chi connectivity index (χ4v) is 4.30. The zero-order chi connectivity index (χ0) is 19.5. The van der Waals surface area contributed by atoms with Crippen molar-refractivity contribution in [3.8, 4) is 0 Å². The van der Waals surface area contributed by atoms with Gasteiger partial charge in [-0.15, -0.1) is 0 Å². The van der Waals surface area contributed by atoms with Crippen molar-refractivity contribution < 1.29 is 14.4 Å². The summed E-state index contributed by atoms with van der Waals surface area (Å²) < 4.78 is 5.17. The molecule has 1 aliphatic heterocycles. The lowest BCUT2D eigenvalue weighted by molar-refractivity contribution is -0.929. The van der Waals surface area contributed by atoms with Crippen LogP contribution < -0.4 is 4.90 Å². The highest BCUT2D eigenvalue weighted by Gasteiger charge is 2.34. The van der Waals surface area contributed by atoms with Crippen molar-refractivity contribution >= 4 is 17.0 Å². The Morgan fingerprint density at radius 3 is 2.75 bits per heavy atom. The molecule has 1 fully saturated rings. The van der Waals surface area contributed by atoms with E-state index < -0.39 is 0 Å². The van der Waals surface area contributed by atoms with Crippen LogP contribution in [0.25, 0.3) is 10.9 Å². The van der Waals surface area contributed by atoms with Gasteiger partial charge in [-0.1, -0.05) is 18.2 Å². The number of H-pyrrole nitrogens is 1. The lowest BCUT2D eigenvalue weighted by atomic mass is 9.95. The molecule has 3 aromatic rings. The van der Waals surface area contributed by atoms with Gasteiger partial charge in [0.2, 0.25) is 0 Å². The second-order valence-electron chi connectivity index (χ2n) is 7.27. The van der Waals surface area contributed by atoms with Gasteiger partial charge in [0, 0.05) is 40.1 Å². The highest BCUT2D eigenvalue weighted by Crippen LogP contribution is 2.30. The summed E-state index contributed by atoms with van der Waals surface area (Å²) in [4.78, 5) is 23.3. The summed E-state index contributed by atoms with van der Waals surface area (Å²) in [5, 5.41) is 1.26. The van der Waals surface area contributed by atoms with E-state index in [9.17, 15) is 4.79 Å². The van der Waals surface area contributed by atoms with Crippen LogP contribution in [0.4, 0.5) is 4.79 Å². The number of benzene rings is 1. The summed E-state index contributed by atoms with van der Waals surface area (Å²) in [5.74, 6) is 0. The highest BCUT2D eigenvalue weighted by atomic mass is 16.6. The fraction of sp³-hybridized carbons (Fsp3) is 0.364. The summed E-state index contributed by atoms with van der Waals surface area (Å²) in [6.07, 6.45) is 3.58. The molecule has 6 heteroatoms. The van der Waals surface area contributed by atoms with E-state index in [1.807, 2.05) is 30.3 Å². The maximum absolute atomic E-state index is 12.1. The summed E-state index contributed by atoms with van der Waals surface area (Å²) >= 11 is 0. The molecule has 1 aromatic carbocycles. The summed E-state index contributed by atoms with van der Waals surface area (Å²) in [5.41, 5.74) is 4.88. The molecule has 1 unspecified atom stereocenters. The van der Waals surface area contributed by atoms with E-state index in [-0.39, 0.29) is 12.1 Å². The Kier molecular flexibility index (Phi) is 5.30. The van der Waals surface area contributed by atoms with Crippen LogP contribution in [-0.2, 0) is 4.74 Å². The topological polar surface area (TPSA) is 62.7 Å². The number of hydrogen-bond donors (Lipinski definition) is 2. The molecule has 0 bridgehead atoms. The number of aromatic amines is 1. The van der Waals surface area contributed by atoms with E-state index in [0.717, 1.165) is 18.6 Å². The molecule has 1 amide bonds. The minimum Gasteiger partial charge on any atom is -0.450 e. The summed E-state index contributed by atoms with van der Waals surface area (Å²) in [6.45, 7) is 7.55. The maximum atomic E-state index is 12.1. The zero-order valence-electron chi connectivity index (χ0n) is 16.4. The Morgan fingerprint density at radius 2 is 2.04 bits per heavy atom. The number of carbonyl (C=O) groups excluding carboxylic acids is 1. The number of rotatable bonds is 4. The van der Waals surface area contributed by atoms with Gasteiger partial charge in [-0.25, -0.2) is 4.79 Å². The lowest BCUT2D eigenvalue weighted by Gasteiger charge is -2.36. The summed E-state index contributed by atoms with van der Waals surface area (Å²) in [6, 6.07) is 12.8. The van der Waals surface area contributed by atoms with Crippen LogP contribution in [0.15, 0.2) is 48.8 Å². The van der Waals surface area contributed by atoms with Gasteiger partial charge in [-0.3, -0.25) is 9.88 Å². The van der Waals surface area contributed by atoms with Crippen LogP contribution in [0.3, 0.4) is 0 Å². The SMILES string of the molecule is CCOC(=O)N1CC[NH+](C(c2cccnc2)c2c(C)[nH]c3ccccc23)CC1. The van der Waals surface area contributed by atoms with Gasteiger partial charge >= 0.3 is 6.09 Å². The van der Waals surface area contributed by atoms with E-state index in [2.05, 4.69) is 47.2 Å². The fourth-order valence-electron chi connectivity index (χ4n) is 4.30. The summed E-state index contributed by atoms with van der Waals surface area (Å²) in [7, 11) is 0. The molecule has 1 aliphatic rings. The van der Waals surface area contributed by atoms with Crippen LogP contribution >= 0.6 is 0 Å². The van der Waals surface area contributed by atoms with Crippen molar-refractivity contribution in [2.45, 2.75) is 19.9 Å². The number of ether oxygens (including phenoxy) is 1. The Bertz CT molecular complexity index is 946. The van der Waals surface area contributed by atoms with Gasteiger partial charge in [-0.2, -0.15) is 0 Å². The number of hydrogen-bond acceptors (Lipinski definition) is 3. The van der Waals surface area contributed by atoms with E-state index in [4.69, 9.17) is 4.74 Å². The largest absolute Gasteiger partial charge is 0.450 e. The van der Waals surface area contributed by atoms with Crippen molar-refractivity contribution in [3.63, 3.8) is 0 Å². The molecule has 0 aliphatic carbocycles. The van der Waals surface area contributed by atoms with Crippen LogP contribution in [0.1, 0.15) is 29.8 Å². The number of amides is 1.